The first-order valence-corrected chi connectivity index (χ1v) is 8.31. The molecule has 3 rings (SSSR count). The summed E-state index contributed by atoms with van der Waals surface area (Å²) in [7, 11) is 1.98. The lowest BCUT2D eigenvalue weighted by Gasteiger charge is -2.37. The molecule has 0 bridgehead atoms. The molecule has 114 valence electrons. The van der Waals surface area contributed by atoms with E-state index in [1.165, 1.54) is 24.8 Å². The van der Waals surface area contributed by atoms with Crippen LogP contribution in [0.4, 0.5) is 5.69 Å². The Balaban J connectivity index is 1.84. The maximum Gasteiger partial charge on any atom is 0.255 e. The van der Waals surface area contributed by atoms with Crippen molar-refractivity contribution in [2.75, 3.05) is 18.9 Å². The van der Waals surface area contributed by atoms with Crippen molar-refractivity contribution in [2.24, 2.45) is 5.92 Å². The number of hydrogen-bond acceptors (Lipinski definition) is 2. The summed E-state index contributed by atoms with van der Waals surface area (Å²) >= 11 is 0. The largest absolute Gasteiger partial charge is 0.384 e. The third kappa shape index (κ3) is 2.78. The molecule has 0 spiro atoms. The second-order valence-corrected chi connectivity index (χ2v) is 6.62. The predicted molar refractivity (Wildman–Crippen MR) is 86.8 cm³/mol. The van der Waals surface area contributed by atoms with Crippen LogP contribution in [0.3, 0.4) is 0 Å². The third-order valence-corrected chi connectivity index (χ3v) is 5.19. The smallest absolute Gasteiger partial charge is 0.255 e. The summed E-state index contributed by atoms with van der Waals surface area (Å²) in [4.78, 5) is 14.9. The van der Waals surface area contributed by atoms with Gasteiger partial charge in [-0.25, -0.2) is 0 Å². The van der Waals surface area contributed by atoms with Crippen molar-refractivity contribution in [3.8, 4) is 0 Å². The van der Waals surface area contributed by atoms with E-state index in [9.17, 15) is 4.79 Å². The fraction of sp³-hybridized carbons (Fsp3) is 0.611. The average Bonchev–Trinajstić information content (AvgIpc) is 2.53. The summed E-state index contributed by atoms with van der Waals surface area (Å²) in [5.41, 5.74) is 3.22. The number of para-hydroxylation sites is 1. The first kappa shape index (κ1) is 14.4. The van der Waals surface area contributed by atoms with E-state index in [0.717, 1.165) is 37.1 Å². The molecule has 0 aromatic heterocycles. The van der Waals surface area contributed by atoms with Gasteiger partial charge >= 0.3 is 0 Å². The lowest BCUT2D eigenvalue weighted by molar-refractivity contribution is 0.0630. The number of aryl methyl sites for hydroxylation is 1. The Morgan fingerprint density at radius 3 is 2.86 bits per heavy atom. The number of nitrogens with zero attached hydrogens (tertiary/aromatic N) is 1. The van der Waals surface area contributed by atoms with Crippen LogP contribution < -0.4 is 5.32 Å². The van der Waals surface area contributed by atoms with Gasteiger partial charge in [-0.15, -0.1) is 0 Å². The summed E-state index contributed by atoms with van der Waals surface area (Å²) in [6.07, 6.45) is 7.17. The summed E-state index contributed by atoms with van der Waals surface area (Å²) < 4.78 is 0. The minimum absolute atomic E-state index is 0.181. The Bertz CT molecular complexity index is 526. The Morgan fingerprint density at radius 2 is 2.05 bits per heavy atom. The first-order valence-electron chi connectivity index (χ1n) is 8.31. The van der Waals surface area contributed by atoms with Crippen LogP contribution in [0.1, 0.15) is 54.9 Å². The van der Waals surface area contributed by atoms with E-state index < -0.39 is 0 Å². The number of amides is 1. The number of anilines is 1. The molecule has 0 radical (unpaired) electrons. The maximum atomic E-state index is 12.9. The highest BCUT2D eigenvalue weighted by molar-refractivity contribution is 6.00. The van der Waals surface area contributed by atoms with Gasteiger partial charge in [0, 0.05) is 19.6 Å². The SMILES string of the molecule is CC1CCCCC1N(C)C(=O)c1cccc2c1NCCC2. The second-order valence-electron chi connectivity index (χ2n) is 6.62. The zero-order valence-electron chi connectivity index (χ0n) is 13.2. The first-order chi connectivity index (χ1) is 10.2. The lowest BCUT2D eigenvalue weighted by Crippen LogP contribution is -2.43. The van der Waals surface area contributed by atoms with Crippen molar-refractivity contribution >= 4 is 11.6 Å². The van der Waals surface area contributed by atoms with Crippen LogP contribution in [-0.2, 0) is 6.42 Å². The number of fused-ring (bicyclic) bond motifs is 1. The minimum Gasteiger partial charge on any atom is -0.384 e. The molecule has 2 aliphatic rings. The summed E-state index contributed by atoms with van der Waals surface area (Å²) in [6.45, 7) is 3.26. The Morgan fingerprint density at radius 1 is 1.24 bits per heavy atom. The predicted octanol–water partition coefficient (Wildman–Crippen LogP) is 3.70. The summed E-state index contributed by atoms with van der Waals surface area (Å²) in [5.74, 6) is 0.792. The van der Waals surface area contributed by atoms with Gasteiger partial charge in [0.1, 0.15) is 0 Å². The van der Waals surface area contributed by atoms with Gasteiger partial charge in [-0.3, -0.25) is 4.79 Å². The van der Waals surface area contributed by atoms with Gasteiger partial charge in [0.15, 0.2) is 0 Å². The lowest BCUT2D eigenvalue weighted by atomic mass is 9.84. The van der Waals surface area contributed by atoms with Crippen molar-refractivity contribution in [3.05, 3.63) is 29.3 Å². The number of benzene rings is 1. The molecule has 3 heteroatoms. The van der Waals surface area contributed by atoms with E-state index in [2.05, 4.69) is 18.3 Å². The molecule has 0 saturated heterocycles. The third-order valence-electron chi connectivity index (χ3n) is 5.19. The number of carbonyl (C=O) groups is 1. The topological polar surface area (TPSA) is 32.3 Å². The van der Waals surface area contributed by atoms with Gasteiger partial charge in [0.25, 0.3) is 5.91 Å². The Labute approximate surface area is 127 Å². The molecule has 1 aliphatic heterocycles. The van der Waals surface area contributed by atoms with E-state index in [4.69, 9.17) is 0 Å². The average molecular weight is 286 g/mol. The molecule has 3 nitrogen and oxygen atoms in total. The molecular weight excluding hydrogens is 260 g/mol. The summed E-state index contributed by atoms with van der Waals surface area (Å²) in [6, 6.07) is 6.54. The van der Waals surface area contributed by atoms with Crippen LogP contribution in [0.2, 0.25) is 0 Å². The molecule has 1 saturated carbocycles. The highest BCUT2D eigenvalue weighted by Gasteiger charge is 2.29. The maximum absolute atomic E-state index is 12.9. The van der Waals surface area contributed by atoms with Gasteiger partial charge in [0.05, 0.1) is 11.3 Å². The van der Waals surface area contributed by atoms with Gasteiger partial charge in [-0.05, 0) is 43.2 Å². The number of carbonyl (C=O) groups excluding carboxylic acids is 1. The van der Waals surface area contributed by atoms with E-state index in [-0.39, 0.29) is 5.91 Å². The zero-order valence-corrected chi connectivity index (χ0v) is 13.2. The van der Waals surface area contributed by atoms with Crippen molar-refractivity contribution in [1.82, 2.24) is 4.90 Å². The molecule has 1 aliphatic carbocycles. The molecule has 2 atom stereocenters. The van der Waals surface area contributed by atoms with Gasteiger partial charge in [-0.2, -0.15) is 0 Å². The van der Waals surface area contributed by atoms with Crippen LogP contribution in [-0.4, -0.2) is 30.4 Å². The molecule has 1 aromatic rings. The highest BCUT2D eigenvalue weighted by atomic mass is 16.2. The standard InChI is InChI=1S/C18H26N2O/c1-13-7-3-4-11-16(13)20(2)18(21)15-10-5-8-14-9-6-12-19-17(14)15/h5,8,10,13,16,19H,3-4,6-7,9,11-12H2,1-2H3. The quantitative estimate of drug-likeness (QED) is 0.899. The van der Waals surface area contributed by atoms with Gasteiger partial charge in [-0.1, -0.05) is 31.9 Å². The van der Waals surface area contributed by atoms with E-state index in [1.807, 2.05) is 24.1 Å². The van der Waals surface area contributed by atoms with Crippen LogP contribution in [0.25, 0.3) is 0 Å². The Hall–Kier alpha value is -1.51. The van der Waals surface area contributed by atoms with Crippen molar-refractivity contribution < 1.29 is 4.79 Å². The number of nitrogens with one attached hydrogen (secondary N) is 1. The van der Waals surface area contributed by atoms with Crippen LogP contribution in [0.5, 0.6) is 0 Å². The Kier molecular flexibility index (Phi) is 4.18. The van der Waals surface area contributed by atoms with Gasteiger partial charge in [0.2, 0.25) is 0 Å². The molecular formula is C18H26N2O. The second kappa shape index (κ2) is 6.08. The number of rotatable bonds is 2. The van der Waals surface area contributed by atoms with Crippen molar-refractivity contribution in [1.29, 1.82) is 0 Å². The van der Waals surface area contributed by atoms with Crippen LogP contribution in [0, 0.1) is 5.92 Å². The van der Waals surface area contributed by atoms with E-state index in [1.54, 1.807) is 0 Å². The molecule has 1 heterocycles. The molecule has 1 N–H and O–H groups in total. The van der Waals surface area contributed by atoms with Gasteiger partial charge < -0.3 is 10.2 Å². The van der Waals surface area contributed by atoms with E-state index >= 15 is 0 Å². The molecule has 1 aromatic carbocycles. The highest BCUT2D eigenvalue weighted by Crippen LogP contribution is 2.31. The number of hydrogen-bond donors (Lipinski definition) is 1. The zero-order chi connectivity index (χ0) is 14.8. The fourth-order valence-corrected chi connectivity index (χ4v) is 3.90. The van der Waals surface area contributed by atoms with Crippen LogP contribution >= 0.6 is 0 Å². The fourth-order valence-electron chi connectivity index (χ4n) is 3.90. The van der Waals surface area contributed by atoms with E-state index in [0.29, 0.717) is 12.0 Å². The minimum atomic E-state index is 0.181. The normalized spacial score (nSPS) is 24.9. The molecule has 2 unspecified atom stereocenters. The van der Waals surface area contributed by atoms with Crippen molar-refractivity contribution in [3.63, 3.8) is 0 Å². The van der Waals surface area contributed by atoms with Crippen molar-refractivity contribution in [2.45, 2.75) is 51.5 Å². The molecule has 1 amide bonds. The molecule has 21 heavy (non-hydrogen) atoms. The monoisotopic (exact) mass is 286 g/mol. The van der Waals surface area contributed by atoms with Crippen LogP contribution in [0.15, 0.2) is 18.2 Å². The molecule has 1 fully saturated rings. The summed E-state index contributed by atoms with van der Waals surface area (Å²) in [5, 5.41) is 3.43.